The Balaban J connectivity index is 2.23. The van der Waals surface area contributed by atoms with Crippen molar-refractivity contribution in [1.29, 1.82) is 0 Å². The summed E-state index contributed by atoms with van der Waals surface area (Å²) < 4.78 is 5.35. The summed E-state index contributed by atoms with van der Waals surface area (Å²) in [6.07, 6.45) is 0. The molecule has 1 aromatic carbocycles. The van der Waals surface area contributed by atoms with Crippen LogP contribution >= 0.6 is 0 Å². The van der Waals surface area contributed by atoms with Gasteiger partial charge in [-0.1, -0.05) is 38.1 Å². The zero-order valence-corrected chi connectivity index (χ0v) is 10.6. The van der Waals surface area contributed by atoms with Crippen LogP contribution in [0.4, 0.5) is 0 Å². The molecule has 18 heavy (non-hydrogen) atoms. The van der Waals surface area contributed by atoms with Gasteiger partial charge >= 0.3 is 0 Å². The molecule has 0 radical (unpaired) electrons. The van der Waals surface area contributed by atoms with Crippen LogP contribution in [0.1, 0.15) is 47.2 Å². The number of ketones is 1. The lowest BCUT2D eigenvalue weighted by molar-refractivity contribution is 0.101. The molecule has 0 amide bonds. The molecule has 94 valence electrons. The summed E-state index contributed by atoms with van der Waals surface area (Å²) in [4.78, 5) is 12.1. The Morgan fingerprint density at radius 1 is 1.17 bits per heavy atom. The van der Waals surface area contributed by atoms with Gasteiger partial charge < -0.3 is 10.2 Å². The number of benzene rings is 1. The van der Waals surface area contributed by atoms with Crippen LogP contribution in [-0.2, 0) is 6.54 Å². The summed E-state index contributed by atoms with van der Waals surface area (Å²) in [7, 11) is 0. The predicted octanol–water partition coefficient (Wildman–Crippen LogP) is 3.09. The highest BCUT2D eigenvalue weighted by Crippen LogP contribution is 2.17. The fourth-order valence-corrected chi connectivity index (χ4v) is 1.77. The number of carbonyl (C=O) groups is 1. The molecule has 0 bridgehead atoms. The molecule has 0 saturated heterocycles. The van der Waals surface area contributed by atoms with E-state index >= 15 is 0 Å². The fraction of sp³-hybridized carbons (Fsp3) is 0.267. The molecule has 3 heteroatoms. The molecule has 2 rings (SSSR count). The molecule has 3 nitrogen and oxygen atoms in total. The third-order valence-electron chi connectivity index (χ3n) is 2.93. The molecule has 0 aliphatic carbocycles. The topological polar surface area (TPSA) is 56.2 Å². The van der Waals surface area contributed by atoms with Crippen molar-refractivity contribution in [3.8, 4) is 0 Å². The minimum atomic E-state index is -0.106. The van der Waals surface area contributed by atoms with E-state index in [1.54, 1.807) is 12.1 Å². The maximum atomic E-state index is 12.1. The molecule has 0 unspecified atom stereocenters. The van der Waals surface area contributed by atoms with Crippen molar-refractivity contribution in [3.05, 3.63) is 59.0 Å². The summed E-state index contributed by atoms with van der Waals surface area (Å²) >= 11 is 0. The second-order valence-electron chi connectivity index (χ2n) is 4.58. The van der Waals surface area contributed by atoms with Crippen molar-refractivity contribution in [2.45, 2.75) is 26.3 Å². The van der Waals surface area contributed by atoms with Crippen LogP contribution in [0.25, 0.3) is 0 Å². The van der Waals surface area contributed by atoms with Crippen molar-refractivity contribution in [1.82, 2.24) is 0 Å². The van der Waals surface area contributed by atoms with Crippen LogP contribution in [0.3, 0.4) is 0 Å². The van der Waals surface area contributed by atoms with Crippen LogP contribution in [-0.4, -0.2) is 5.78 Å². The highest BCUT2D eigenvalue weighted by Gasteiger charge is 2.13. The van der Waals surface area contributed by atoms with Gasteiger partial charge in [0.1, 0.15) is 5.76 Å². The van der Waals surface area contributed by atoms with E-state index in [-0.39, 0.29) is 5.78 Å². The fourth-order valence-electron chi connectivity index (χ4n) is 1.77. The molecule has 1 aromatic heterocycles. The van der Waals surface area contributed by atoms with E-state index in [0.29, 0.717) is 29.5 Å². The van der Waals surface area contributed by atoms with Crippen LogP contribution in [0.2, 0.25) is 0 Å². The van der Waals surface area contributed by atoms with E-state index in [0.717, 1.165) is 0 Å². The number of hydrogen-bond donors (Lipinski definition) is 1. The van der Waals surface area contributed by atoms with Gasteiger partial charge in [-0.2, -0.15) is 0 Å². The first kappa shape index (κ1) is 12.6. The normalized spacial score (nSPS) is 10.9. The zero-order chi connectivity index (χ0) is 13.1. The minimum absolute atomic E-state index is 0.106. The van der Waals surface area contributed by atoms with Gasteiger partial charge in [-0.25, -0.2) is 0 Å². The third kappa shape index (κ3) is 2.51. The lowest BCUT2D eigenvalue weighted by Gasteiger charge is -2.05. The Labute approximate surface area is 107 Å². The van der Waals surface area contributed by atoms with E-state index in [2.05, 4.69) is 13.8 Å². The Bertz CT molecular complexity index is 538. The van der Waals surface area contributed by atoms with Crippen LogP contribution < -0.4 is 5.73 Å². The number of hydrogen-bond acceptors (Lipinski definition) is 3. The number of furan rings is 1. The Morgan fingerprint density at radius 2 is 1.83 bits per heavy atom. The Kier molecular flexibility index (Phi) is 3.63. The lowest BCUT2D eigenvalue weighted by Crippen LogP contribution is -2.00. The molecule has 0 spiro atoms. The van der Waals surface area contributed by atoms with Crippen molar-refractivity contribution in [2.24, 2.45) is 5.73 Å². The Morgan fingerprint density at radius 3 is 2.33 bits per heavy atom. The minimum Gasteiger partial charge on any atom is -0.456 e. The van der Waals surface area contributed by atoms with Gasteiger partial charge in [0.2, 0.25) is 5.78 Å². The average Bonchev–Trinajstić information content (AvgIpc) is 2.86. The molecule has 2 aromatic rings. The highest BCUT2D eigenvalue weighted by molar-refractivity contribution is 6.07. The van der Waals surface area contributed by atoms with Gasteiger partial charge in [0.25, 0.3) is 0 Å². The maximum absolute atomic E-state index is 12.1. The molecule has 0 fully saturated rings. The maximum Gasteiger partial charge on any atom is 0.228 e. The molecule has 0 saturated carbocycles. The highest BCUT2D eigenvalue weighted by atomic mass is 16.3. The van der Waals surface area contributed by atoms with E-state index in [1.165, 1.54) is 5.56 Å². The van der Waals surface area contributed by atoms with E-state index in [4.69, 9.17) is 10.2 Å². The van der Waals surface area contributed by atoms with Gasteiger partial charge in [0.15, 0.2) is 5.76 Å². The molecular weight excluding hydrogens is 226 g/mol. The van der Waals surface area contributed by atoms with Gasteiger partial charge in [-0.05, 0) is 23.6 Å². The van der Waals surface area contributed by atoms with Gasteiger partial charge in [-0.15, -0.1) is 0 Å². The zero-order valence-electron chi connectivity index (χ0n) is 10.6. The van der Waals surface area contributed by atoms with Crippen molar-refractivity contribution >= 4 is 5.78 Å². The summed E-state index contributed by atoms with van der Waals surface area (Å²) in [6.45, 7) is 4.55. The molecule has 0 atom stereocenters. The SMILES string of the molecule is CC(C)c1ccc(C(=O)c2ccc(CN)o2)cc1. The van der Waals surface area contributed by atoms with E-state index < -0.39 is 0 Å². The van der Waals surface area contributed by atoms with Gasteiger partial charge in [0.05, 0.1) is 6.54 Å². The van der Waals surface area contributed by atoms with Gasteiger partial charge in [0, 0.05) is 5.56 Å². The first-order valence-electron chi connectivity index (χ1n) is 6.05. The van der Waals surface area contributed by atoms with E-state index in [9.17, 15) is 4.79 Å². The Hall–Kier alpha value is -1.87. The predicted molar refractivity (Wildman–Crippen MR) is 70.6 cm³/mol. The second-order valence-corrected chi connectivity index (χ2v) is 4.58. The van der Waals surface area contributed by atoms with Crippen LogP contribution in [0, 0.1) is 0 Å². The number of nitrogens with two attached hydrogens (primary N) is 1. The van der Waals surface area contributed by atoms with Crippen LogP contribution in [0.5, 0.6) is 0 Å². The van der Waals surface area contributed by atoms with Gasteiger partial charge in [-0.3, -0.25) is 4.79 Å². The summed E-state index contributed by atoms with van der Waals surface area (Å²) in [5, 5.41) is 0. The monoisotopic (exact) mass is 243 g/mol. The first-order chi connectivity index (χ1) is 8.61. The lowest BCUT2D eigenvalue weighted by atomic mass is 10.00. The molecule has 2 N–H and O–H groups in total. The summed E-state index contributed by atoms with van der Waals surface area (Å²) in [6, 6.07) is 11.0. The summed E-state index contributed by atoms with van der Waals surface area (Å²) in [5.41, 5.74) is 7.30. The molecule has 1 heterocycles. The molecular formula is C15H17NO2. The van der Waals surface area contributed by atoms with Crippen molar-refractivity contribution in [3.63, 3.8) is 0 Å². The quantitative estimate of drug-likeness (QED) is 0.839. The second kappa shape index (κ2) is 5.19. The standard InChI is InChI=1S/C15H17NO2/c1-10(2)11-3-5-12(6-4-11)15(17)14-8-7-13(9-16)18-14/h3-8,10H,9,16H2,1-2H3. The third-order valence-corrected chi connectivity index (χ3v) is 2.93. The van der Waals surface area contributed by atoms with Crippen molar-refractivity contribution in [2.75, 3.05) is 0 Å². The van der Waals surface area contributed by atoms with Crippen LogP contribution in [0.15, 0.2) is 40.8 Å². The first-order valence-corrected chi connectivity index (χ1v) is 6.05. The van der Waals surface area contributed by atoms with Crippen molar-refractivity contribution < 1.29 is 9.21 Å². The molecule has 0 aliphatic heterocycles. The smallest absolute Gasteiger partial charge is 0.228 e. The summed E-state index contributed by atoms with van der Waals surface area (Å²) in [5.74, 6) is 1.32. The number of rotatable bonds is 4. The van der Waals surface area contributed by atoms with E-state index in [1.807, 2.05) is 24.3 Å². The molecule has 0 aliphatic rings. The largest absolute Gasteiger partial charge is 0.456 e. The average molecular weight is 243 g/mol. The number of carbonyl (C=O) groups excluding carboxylic acids is 1.